The first kappa shape index (κ1) is 17.5. The van der Waals surface area contributed by atoms with Gasteiger partial charge in [-0.25, -0.2) is 0 Å². The van der Waals surface area contributed by atoms with Crippen molar-refractivity contribution in [1.82, 2.24) is 0 Å². The minimum Gasteiger partial charge on any atom is -0.497 e. The highest BCUT2D eigenvalue weighted by Crippen LogP contribution is 2.24. The Morgan fingerprint density at radius 2 is 1.90 bits per heavy atom. The van der Waals surface area contributed by atoms with Crippen molar-refractivity contribution in [2.24, 2.45) is 5.92 Å². The van der Waals surface area contributed by atoms with Crippen LogP contribution in [-0.2, 0) is 9.53 Å². The molecule has 21 heavy (non-hydrogen) atoms. The topological polar surface area (TPSA) is 47.6 Å². The van der Waals surface area contributed by atoms with Crippen molar-refractivity contribution in [2.45, 2.75) is 46.1 Å². The molecule has 0 heterocycles. The molecule has 0 spiro atoms. The third kappa shape index (κ3) is 5.38. The second-order valence-electron chi connectivity index (χ2n) is 5.86. The minimum absolute atomic E-state index is 0.102. The van der Waals surface area contributed by atoms with Crippen molar-refractivity contribution < 1.29 is 14.3 Å². The number of nitrogens with one attached hydrogen (secondary N) is 1. The molecule has 0 fully saturated rings. The largest absolute Gasteiger partial charge is 0.497 e. The first-order chi connectivity index (χ1) is 9.91. The smallest absolute Gasteiger partial charge is 0.256 e. The van der Waals surface area contributed by atoms with E-state index in [0.29, 0.717) is 18.9 Å². The molecular weight excluding hydrogens is 266 g/mol. The molecule has 0 saturated heterocycles. The van der Waals surface area contributed by atoms with Crippen LogP contribution in [-0.4, -0.2) is 25.2 Å². The van der Waals surface area contributed by atoms with E-state index in [1.807, 2.05) is 38.1 Å². The van der Waals surface area contributed by atoms with Crippen LogP contribution in [0.2, 0.25) is 0 Å². The summed E-state index contributed by atoms with van der Waals surface area (Å²) in [5, 5.41) is 2.93. The number of carbonyl (C=O) groups is 1. The van der Waals surface area contributed by atoms with Crippen molar-refractivity contribution in [3.63, 3.8) is 0 Å². The van der Waals surface area contributed by atoms with Crippen molar-refractivity contribution in [1.29, 1.82) is 0 Å². The number of methoxy groups -OCH3 is 1. The fourth-order valence-electron chi connectivity index (χ4n) is 2.26. The molecule has 1 aromatic carbocycles. The molecule has 0 aliphatic carbocycles. The van der Waals surface area contributed by atoms with Gasteiger partial charge in [0, 0.05) is 12.3 Å². The Hall–Kier alpha value is -1.55. The third-order valence-electron chi connectivity index (χ3n) is 3.25. The van der Waals surface area contributed by atoms with E-state index >= 15 is 0 Å². The summed E-state index contributed by atoms with van der Waals surface area (Å²) in [7, 11) is 1.62. The van der Waals surface area contributed by atoms with Crippen molar-refractivity contribution in [2.75, 3.05) is 19.0 Å². The fraction of sp³-hybridized carbons (Fsp3) is 0.588. The van der Waals surface area contributed by atoms with Gasteiger partial charge >= 0.3 is 0 Å². The summed E-state index contributed by atoms with van der Waals surface area (Å²) >= 11 is 0. The van der Waals surface area contributed by atoms with E-state index in [9.17, 15) is 4.79 Å². The van der Waals surface area contributed by atoms with Gasteiger partial charge in [0.1, 0.15) is 11.4 Å². The van der Waals surface area contributed by atoms with Gasteiger partial charge in [0.25, 0.3) is 5.91 Å². The highest BCUT2D eigenvalue weighted by molar-refractivity contribution is 5.97. The first-order valence-corrected chi connectivity index (χ1v) is 7.50. The number of ether oxygens (including phenoxy) is 2. The number of amides is 1. The predicted molar refractivity (Wildman–Crippen MR) is 85.7 cm³/mol. The van der Waals surface area contributed by atoms with E-state index in [-0.39, 0.29) is 5.91 Å². The zero-order chi connectivity index (χ0) is 15.9. The Balaban J connectivity index is 2.78. The van der Waals surface area contributed by atoms with Gasteiger partial charge in [-0.15, -0.1) is 0 Å². The van der Waals surface area contributed by atoms with E-state index < -0.39 is 5.60 Å². The third-order valence-corrected chi connectivity index (χ3v) is 3.25. The molecule has 0 aromatic heterocycles. The summed E-state index contributed by atoms with van der Waals surface area (Å²) < 4.78 is 10.9. The summed E-state index contributed by atoms with van der Waals surface area (Å²) in [4.78, 5) is 12.6. The molecule has 1 aromatic rings. The normalized spacial score (nSPS) is 13.8. The lowest BCUT2D eigenvalue weighted by Crippen LogP contribution is -2.44. The van der Waals surface area contributed by atoms with Gasteiger partial charge in [0.15, 0.2) is 0 Å². The summed E-state index contributed by atoms with van der Waals surface area (Å²) in [5.74, 6) is 1.04. The quantitative estimate of drug-likeness (QED) is 0.791. The van der Waals surface area contributed by atoms with Gasteiger partial charge in [-0.2, -0.15) is 0 Å². The fourth-order valence-corrected chi connectivity index (χ4v) is 2.26. The van der Waals surface area contributed by atoms with E-state index in [1.54, 1.807) is 7.11 Å². The van der Waals surface area contributed by atoms with Gasteiger partial charge in [-0.3, -0.25) is 4.79 Å². The van der Waals surface area contributed by atoms with E-state index in [4.69, 9.17) is 9.47 Å². The average molecular weight is 293 g/mol. The molecule has 1 N–H and O–H groups in total. The molecule has 0 aliphatic rings. The minimum atomic E-state index is -0.801. The molecule has 0 aliphatic heterocycles. The molecule has 0 unspecified atom stereocenters. The first-order valence-electron chi connectivity index (χ1n) is 7.50. The Morgan fingerprint density at radius 3 is 2.38 bits per heavy atom. The lowest BCUT2D eigenvalue weighted by molar-refractivity contribution is -0.141. The highest BCUT2D eigenvalue weighted by atomic mass is 16.5. The Morgan fingerprint density at radius 1 is 1.29 bits per heavy atom. The van der Waals surface area contributed by atoms with Crippen LogP contribution in [0, 0.1) is 5.92 Å². The van der Waals surface area contributed by atoms with Gasteiger partial charge in [0.05, 0.1) is 7.11 Å². The maximum Gasteiger partial charge on any atom is 0.256 e. The van der Waals surface area contributed by atoms with E-state index in [1.165, 1.54) is 0 Å². The zero-order valence-corrected chi connectivity index (χ0v) is 13.7. The summed E-state index contributed by atoms with van der Waals surface area (Å²) in [5.41, 5.74) is -0.0553. The van der Waals surface area contributed by atoms with Crippen LogP contribution in [0.4, 0.5) is 5.69 Å². The molecule has 4 heteroatoms. The van der Waals surface area contributed by atoms with Crippen LogP contribution in [0.1, 0.15) is 40.5 Å². The number of rotatable bonds is 8. The highest BCUT2D eigenvalue weighted by Gasteiger charge is 2.34. The van der Waals surface area contributed by atoms with Crippen LogP contribution in [0.15, 0.2) is 24.3 Å². The summed E-state index contributed by atoms with van der Waals surface area (Å²) in [6.45, 7) is 8.67. The SMILES string of the molecule is CCCO[C@@](C)(CC(C)C)C(=O)Nc1ccc(OC)cc1. The zero-order valence-electron chi connectivity index (χ0n) is 13.7. The predicted octanol–water partition coefficient (Wildman–Crippen LogP) is 3.87. The number of hydrogen-bond donors (Lipinski definition) is 1. The molecule has 0 bridgehead atoms. The number of hydrogen-bond acceptors (Lipinski definition) is 3. The molecule has 0 radical (unpaired) electrons. The Kier molecular flexibility index (Phi) is 6.69. The van der Waals surface area contributed by atoms with Crippen molar-refractivity contribution >= 4 is 11.6 Å². The van der Waals surface area contributed by atoms with Gasteiger partial charge in [-0.05, 0) is 49.9 Å². The second-order valence-corrected chi connectivity index (χ2v) is 5.86. The van der Waals surface area contributed by atoms with Crippen LogP contribution < -0.4 is 10.1 Å². The Bertz CT molecular complexity index is 442. The number of carbonyl (C=O) groups excluding carboxylic acids is 1. The van der Waals surface area contributed by atoms with E-state index in [2.05, 4.69) is 19.2 Å². The van der Waals surface area contributed by atoms with Crippen LogP contribution in [0.5, 0.6) is 5.75 Å². The second kappa shape index (κ2) is 8.03. The summed E-state index contributed by atoms with van der Waals surface area (Å²) in [6.07, 6.45) is 1.58. The molecule has 1 atom stereocenters. The molecule has 1 rings (SSSR count). The van der Waals surface area contributed by atoms with Gasteiger partial charge < -0.3 is 14.8 Å². The van der Waals surface area contributed by atoms with Gasteiger partial charge in [0.2, 0.25) is 0 Å². The van der Waals surface area contributed by atoms with Gasteiger partial charge in [-0.1, -0.05) is 20.8 Å². The molecule has 4 nitrogen and oxygen atoms in total. The average Bonchev–Trinajstić information content (AvgIpc) is 2.45. The molecule has 0 saturated carbocycles. The van der Waals surface area contributed by atoms with Crippen LogP contribution >= 0.6 is 0 Å². The molecule has 118 valence electrons. The summed E-state index contributed by atoms with van der Waals surface area (Å²) in [6, 6.07) is 7.29. The lowest BCUT2D eigenvalue weighted by atomic mass is 9.93. The maximum atomic E-state index is 12.6. The standard InChI is InChI=1S/C17H27NO3/c1-6-11-21-17(4,12-13(2)3)16(19)18-14-7-9-15(20-5)10-8-14/h7-10,13H,6,11-12H2,1-5H3,(H,18,19)/t17-/m0/s1. The maximum absolute atomic E-state index is 12.6. The van der Waals surface area contributed by atoms with Crippen LogP contribution in [0.25, 0.3) is 0 Å². The number of benzene rings is 1. The van der Waals surface area contributed by atoms with Crippen LogP contribution in [0.3, 0.4) is 0 Å². The monoisotopic (exact) mass is 293 g/mol. The van der Waals surface area contributed by atoms with Crippen molar-refractivity contribution in [3.05, 3.63) is 24.3 Å². The number of anilines is 1. The van der Waals surface area contributed by atoms with Crippen molar-refractivity contribution in [3.8, 4) is 5.75 Å². The lowest BCUT2D eigenvalue weighted by Gasteiger charge is -2.30. The van der Waals surface area contributed by atoms with E-state index in [0.717, 1.165) is 17.9 Å². The molecule has 1 amide bonds. The molecular formula is C17H27NO3. The Labute approximate surface area is 127 Å².